The summed E-state index contributed by atoms with van der Waals surface area (Å²) in [6.07, 6.45) is 15.7. The van der Waals surface area contributed by atoms with E-state index >= 15 is 0 Å². The Balaban J connectivity index is 1.93. The summed E-state index contributed by atoms with van der Waals surface area (Å²) in [6, 6.07) is 2.97. The predicted octanol–water partition coefficient (Wildman–Crippen LogP) is 6.63. The molecule has 3 N–H and O–H groups in total. The van der Waals surface area contributed by atoms with Crippen molar-refractivity contribution in [2.24, 2.45) is 20.7 Å². The third-order valence-electron chi connectivity index (χ3n) is 8.19. The lowest BCUT2D eigenvalue weighted by Gasteiger charge is -2.26. The van der Waals surface area contributed by atoms with Crippen LogP contribution in [0.2, 0.25) is 0 Å². The summed E-state index contributed by atoms with van der Waals surface area (Å²) in [7, 11) is 4.92. The quantitative estimate of drug-likeness (QED) is 0.141. The first kappa shape index (κ1) is 33.5. The molecule has 1 aromatic rings. The normalized spacial score (nSPS) is 20.8. The number of rotatable bonds is 14. The van der Waals surface area contributed by atoms with Gasteiger partial charge in [-0.2, -0.15) is 5.26 Å². The number of allylic oxidation sites excluding steroid dienone is 4. The van der Waals surface area contributed by atoms with E-state index in [2.05, 4.69) is 64.4 Å². The molecule has 0 radical (unpaired) electrons. The Hall–Kier alpha value is -2.98. The SMILES string of the molecule is C=C/C(N)=C/C=N/C(=C/C(CCC1CCCN1C)=NC/C(C)=C(\CCC)C(=N)[C@H]1CCCc2sc(P)c(C#N)c21)N=C. The molecule has 0 saturated carbocycles. The minimum absolute atomic E-state index is 0.0336. The Morgan fingerprint density at radius 1 is 1.31 bits per heavy atom. The first-order chi connectivity index (χ1) is 20.2. The Kier molecular flexibility index (Phi) is 13.3. The molecule has 2 unspecified atom stereocenters. The highest BCUT2D eigenvalue weighted by molar-refractivity contribution is 7.43. The highest BCUT2D eigenvalue weighted by atomic mass is 32.1. The summed E-state index contributed by atoms with van der Waals surface area (Å²) in [5, 5.41) is 19.2. The van der Waals surface area contributed by atoms with Gasteiger partial charge < -0.3 is 16.0 Å². The lowest BCUT2D eigenvalue weighted by molar-refractivity contribution is 0.300. The number of aryl methyl sites for hydroxylation is 1. The van der Waals surface area contributed by atoms with Gasteiger partial charge in [0.1, 0.15) is 6.07 Å². The van der Waals surface area contributed by atoms with Crippen LogP contribution in [0.25, 0.3) is 0 Å². The lowest BCUT2D eigenvalue weighted by atomic mass is 9.78. The van der Waals surface area contributed by atoms with Crippen molar-refractivity contribution in [1.29, 1.82) is 10.7 Å². The number of likely N-dealkylation sites (tertiary alicyclic amines) is 1. The predicted molar refractivity (Wildman–Crippen MR) is 185 cm³/mol. The third kappa shape index (κ3) is 8.77. The molecule has 1 saturated heterocycles. The number of nitrogens with two attached hydrogens (primary N) is 1. The molecule has 42 heavy (non-hydrogen) atoms. The fraction of sp³-hybridized carbons (Fsp3) is 0.485. The van der Waals surface area contributed by atoms with Gasteiger partial charge in [0.05, 0.1) is 12.1 Å². The number of aliphatic imine (C=N–C) groups is 3. The number of fused-ring (bicyclic) bond motifs is 1. The molecule has 0 amide bonds. The van der Waals surface area contributed by atoms with Crippen LogP contribution in [0.15, 0.2) is 62.4 Å². The molecule has 0 aromatic carbocycles. The van der Waals surface area contributed by atoms with Crippen molar-refractivity contribution in [2.75, 3.05) is 20.1 Å². The molecule has 2 aliphatic rings. The second-order valence-electron chi connectivity index (χ2n) is 11.1. The Labute approximate surface area is 258 Å². The average molecular weight is 604 g/mol. The van der Waals surface area contributed by atoms with Crippen LogP contribution in [0.4, 0.5) is 0 Å². The fourth-order valence-corrected chi connectivity index (χ4v) is 7.60. The first-order valence-electron chi connectivity index (χ1n) is 14.9. The van der Waals surface area contributed by atoms with Crippen LogP contribution >= 0.6 is 20.6 Å². The van der Waals surface area contributed by atoms with Gasteiger partial charge in [0.15, 0.2) is 5.82 Å². The summed E-state index contributed by atoms with van der Waals surface area (Å²) in [5.74, 6) is 0.447. The van der Waals surface area contributed by atoms with Crippen LogP contribution in [0.3, 0.4) is 0 Å². The molecule has 1 aromatic heterocycles. The van der Waals surface area contributed by atoms with E-state index in [1.54, 1.807) is 29.7 Å². The number of nitrogens with one attached hydrogen (secondary N) is 1. The summed E-state index contributed by atoms with van der Waals surface area (Å²) in [6.45, 7) is 13.3. The second-order valence-corrected chi connectivity index (χ2v) is 13.2. The van der Waals surface area contributed by atoms with E-state index in [0.29, 0.717) is 29.8 Å². The van der Waals surface area contributed by atoms with Crippen molar-refractivity contribution >= 4 is 49.6 Å². The number of nitrogens with zero attached hydrogens (tertiary/aromatic N) is 5. The van der Waals surface area contributed by atoms with Gasteiger partial charge in [-0.1, -0.05) is 29.2 Å². The van der Waals surface area contributed by atoms with Crippen LogP contribution in [0, 0.1) is 16.7 Å². The molecular weight excluding hydrogens is 557 g/mol. The van der Waals surface area contributed by atoms with Gasteiger partial charge in [0.25, 0.3) is 0 Å². The van der Waals surface area contributed by atoms with Gasteiger partial charge in [0, 0.05) is 50.9 Å². The standard InChI is InChI=1S/C33H46N7PS/c1-6-10-26(32(36)27-12-8-13-29-31(27)28(20-34)33(41)42-29)22(3)21-39-24(14-15-25-11-9-18-40(25)5)19-30(37-4)38-17-16-23(35)7-2/h7,16-17,19,25,27,36H,2,4,6,8-15,18,21,35,41H2,1,3,5H3/b23-16-,26-22+,30-19+,36-32?,38-17+,39-24?/t25?,27-/m0/s1. The first-order valence-corrected chi connectivity index (χ1v) is 16.3. The summed E-state index contributed by atoms with van der Waals surface area (Å²) < 4.78 is 0.992. The van der Waals surface area contributed by atoms with E-state index < -0.39 is 0 Å². The van der Waals surface area contributed by atoms with Crippen molar-refractivity contribution in [1.82, 2.24) is 4.90 Å². The van der Waals surface area contributed by atoms with E-state index in [0.717, 1.165) is 84.1 Å². The third-order valence-corrected chi connectivity index (χ3v) is 9.92. The molecule has 224 valence electrons. The monoisotopic (exact) mass is 603 g/mol. The highest BCUT2D eigenvalue weighted by Crippen LogP contribution is 2.40. The maximum absolute atomic E-state index is 9.89. The number of hydrogen-bond acceptors (Lipinski definition) is 8. The second kappa shape index (κ2) is 16.6. The molecule has 9 heteroatoms. The van der Waals surface area contributed by atoms with E-state index in [1.165, 1.54) is 17.7 Å². The molecule has 1 aliphatic heterocycles. The zero-order chi connectivity index (χ0) is 30.6. The van der Waals surface area contributed by atoms with Gasteiger partial charge in [-0.25, -0.2) is 9.98 Å². The molecule has 0 bridgehead atoms. The lowest BCUT2D eigenvalue weighted by Crippen LogP contribution is -2.25. The molecular formula is C33H46N7PS. The fourth-order valence-electron chi connectivity index (χ4n) is 5.83. The minimum Gasteiger partial charge on any atom is -0.399 e. The van der Waals surface area contributed by atoms with Crippen LogP contribution in [0.5, 0.6) is 0 Å². The van der Waals surface area contributed by atoms with Crippen molar-refractivity contribution in [3.63, 3.8) is 0 Å². The van der Waals surface area contributed by atoms with Crippen molar-refractivity contribution in [2.45, 2.75) is 83.6 Å². The molecule has 3 rings (SSSR count). The topological polar surface area (TPSA) is 114 Å². The maximum atomic E-state index is 9.89. The van der Waals surface area contributed by atoms with Gasteiger partial charge in [0.2, 0.25) is 0 Å². The van der Waals surface area contributed by atoms with Crippen LogP contribution < -0.4 is 10.4 Å². The summed E-state index contributed by atoms with van der Waals surface area (Å²) in [5.41, 5.74) is 11.9. The molecule has 0 spiro atoms. The van der Waals surface area contributed by atoms with Crippen molar-refractivity contribution in [3.8, 4) is 6.07 Å². The van der Waals surface area contributed by atoms with E-state index in [-0.39, 0.29) is 5.92 Å². The van der Waals surface area contributed by atoms with Crippen LogP contribution in [0.1, 0.15) is 87.1 Å². The van der Waals surface area contributed by atoms with E-state index in [1.807, 2.05) is 6.08 Å². The van der Waals surface area contributed by atoms with Crippen LogP contribution in [-0.2, 0) is 6.42 Å². The maximum Gasteiger partial charge on any atom is 0.152 e. The Morgan fingerprint density at radius 3 is 2.74 bits per heavy atom. The largest absolute Gasteiger partial charge is 0.399 e. The van der Waals surface area contributed by atoms with Gasteiger partial charge in [-0.05, 0) is 107 Å². The van der Waals surface area contributed by atoms with Crippen molar-refractivity contribution < 1.29 is 0 Å². The van der Waals surface area contributed by atoms with Gasteiger partial charge in [-0.3, -0.25) is 4.99 Å². The zero-order valence-corrected chi connectivity index (χ0v) is 27.4. The molecule has 2 heterocycles. The smallest absolute Gasteiger partial charge is 0.152 e. The number of thiophene rings is 1. The molecule has 1 fully saturated rings. The summed E-state index contributed by atoms with van der Waals surface area (Å²) >= 11 is 1.70. The molecule has 3 atom stereocenters. The Bertz CT molecular complexity index is 1350. The number of hydrogen-bond donors (Lipinski definition) is 2. The average Bonchev–Trinajstić information content (AvgIpc) is 3.56. The highest BCUT2D eigenvalue weighted by Gasteiger charge is 2.31. The van der Waals surface area contributed by atoms with Crippen molar-refractivity contribution in [3.05, 3.63) is 63.5 Å². The molecule has 7 nitrogen and oxygen atoms in total. The van der Waals surface area contributed by atoms with E-state index in [4.69, 9.17) is 10.7 Å². The van der Waals surface area contributed by atoms with Crippen LogP contribution in [-0.4, -0.2) is 55.4 Å². The molecule has 1 aliphatic carbocycles. The number of nitriles is 1. The minimum atomic E-state index is -0.0336. The van der Waals surface area contributed by atoms with E-state index in [9.17, 15) is 10.7 Å². The van der Waals surface area contributed by atoms with Gasteiger partial charge in [-0.15, -0.1) is 11.3 Å². The van der Waals surface area contributed by atoms with Gasteiger partial charge >= 0.3 is 0 Å². The zero-order valence-electron chi connectivity index (χ0n) is 25.5. The Morgan fingerprint density at radius 2 is 2.10 bits per heavy atom. The summed E-state index contributed by atoms with van der Waals surface area (Å²) in [4.78, 5) is 17.3.